The van der Waals surface area contributed by atoms with Crippen molar-refractivity contribution in [3.05, 3.63) is 29.8 Å². The lowest BCUT2D eigenvalue weighted by Gasteiger charge is -2.16. The van der Waals surface area contributed by atoms with Gasteiger partial charge in [0.25, 0.3) is 5.91 Å². The zero-order valence-electron chi connectivity index (χ0n) is 13.2. The van der Waals surface area contributed by atoms with E-state index in [0.717, 1.165) is 18.5 Å². The number of ether oxygens (including phenoxy) is 1. The largest absolute Gasteiger partial charge is 0.483 e. The molecule has 3 N–H and O–H groups in total. The number of unbranched alkanes of at least 4 members (excludes halogenated alkanes) is 1. The molecule has 4 nitrogen and oxygen atoms in total. The summed E-state index contributed by atoms with van der Waals surface area (Å²) >= 11 is 0. The molecule has 0 aliphatic heterocycles. The Balaban J connectivity index is 2.33. The Morgan fingerprint density at radius 1 is 1.33 bits per heavy atom. The molecular formula is C17H28N2O2. The fourth-order valence-electron chi connectivity index (χ4n) is 2.21. The Hall–Kier alpha value is -1.55. The number of amides is 1. The van der Waals surface area contributed by atoms with Crippen molar-refractivity contribution in [3.8, 4) is 5.75 Å². The standard InChI is InChI=1S/C17H28N2O2/c1-3-5-8-14(4-2)12-19-17(20)13-21-16-10-7-6-9-15(16)11-18/h6-7,9-10,14H,3-5,8,11-13,18H2,1-2H3,(H,19,20). The molecule has 0 aliphatic carbocycles. The topological polar surface area (TPSA) is 64.3 Å². The van der Waals surface area contributed by atoms with Crippen molar-refractivity contribution in [1.82, 2.24) is 5.32 Å². The normalized spacial score (nSPS) is 12.0. The highest BCUT2D eigenvalue weighted by atomic mass is 16.5. The van der Waals surface area contributed by atoms with Gasteiger partial charge in [-0.05, 0) is 18.4 Å². The minimum Gasteiger partial charge on any atom is -0.483 e. The molecule has 1 unspecified atom stereocenters. The lowest BCUT2D eigenvalue weighted by atomic mass is 9.99. The molecule has 0 saturated carbocycles. The van der Waals surface area contributed by atoms with Crippen LogP contribution in [0.5, 0.6) is 5.75 Å². The third kappa shape index (κ3) is 6.63. The van der Waals surface area contributed by atoms with E-state index in [1.54, 1.807) is 0 Å². The first-order valence-corrected chi connectivity index (χ1v) is 7.88. The third-order valence-electron chi connectivity index (χ3n) is 3.68. The number of nitrogens with one attached hydrogen (secondary N) is 1. The van der Waals surface area contributed by atoms with Gasteiger partial charge in [0, 0.05) is 18.7 Å². The maximum absolute atomic E-state index is 11.8. The average molecular weight is 292 g/mol. The van der Waals surface area contributed by atoms with Gasteiger partial charge in [-0.2, -0.15) is 0 Å². The Morgan fingerprint density at radius 3 is 2.76 bits per heavy atom. The molecule has 1 atom stereocenters. The number of carbonyl (C=O) groups excluding carboxylic acids is 1. The third-order valence-corrected chi connectivity index (χ3v) is 3.68. The summed E-state index contributed by atoms with van der Waals surface area (Å²) < 4.78 is 5.54. The molecule has 0 bridgehead atoms. The SMILES string of the molecule is CCCCC(CC)CNC(=O)COc1ccccc1CN. The van der Waals surface area contributed by atoms with Crippen LogP contribution in [-0.2, 0) is 11.3 Å². The summed E-state index contributed by atoms with van der Waals surface area (Å²) in [6.45, 7) is 5.54. The van der Waals surface area contributed by atoms with E-state index in [9.17, 15) is 4.79 Å². The van der Waals surface area contributed by atoms with Crippen LogP contribution in [-0.4, -0.2) is 19.1 Å². The van der Waals surface area contributed by atoms with Crippen LogP contribution in [0.1, 0.15) is 45.1 Å². The van der Waals surface area contributed by atoms with Gasteiger partial charge in [-0.25, -0.2) is 0 Å². The van der Waals surface area contributed by atoms with Gasteiger partial charge in [-0.15, -0.1) is 0 Å². The molecule has 0 aliphatic rings. The van der Waals surface area contributed by atoms with Gasteiger partial charge in [-0.3, -0.25) is 4.79 Å². The maximum Gasteiger partial charge on any atom is 0.257 e. The van der Waals surface area contributed by atoms with E-state index in [0.29, 0.717) is 18.2 Å². The molecule has 1 aromatic rings. The molecule has 21 heavy (non-hydrogen) atoms. The highest BCUT2D eigenvalue weighted by Crippen LogP contribution is 2.16. The Morgan fingerprint density at radius 2 is 2.10 bits per heavy atom. The first kappa shape index (κ1) is 17.5. The first-order valence-electron chi connectivity index (χ1n) is 7.88. The van der Waals surface area contributed by atoms with Crippen molar-refractivity contribution in [3.63, 3.8) is 0 Å². The van der Waals surface area contributed by atoms with Gasteiger partial charge >= 0.3 is 0 Å². The van der Waals surface area contributed by atoms with E-state index in [2.05, 4.69) is 19.2 Å². The molecule has 118 valence electrons. The molecule has 0 fully saturated rings. The number of rotatable bonds is 10. The van der Waals surface area contributed by atoms with Gasteiger partial charge in [0.15, 0.2) is 6.61 Å². The van der Waals surface area contributed by atoms with Crippen molar-refractivity contribution >= 4 is 5.91 Å². The van der Waals surface area contributed by atoms with Crippen LogP contribution in [0, 0.1) is 5.92 Å². The van der Waals surface area contributed by atoms with Crippen LogP contribution in [0.4, 0.5) is 0 Å². The zero-order chi connectivity index (χ0) is 15.5. The highest BCUT2D eigenvalue weighted by molar-refractivity contribution is 5.77. The second kappa shape index (κ2) is 10.2. The van der Waals surface area contributed by atoms with Crippen LogP contribution in [0.2, 0.25) is 0 Å². The molecule has 4 heteroatoms. The molecule has 0 saturated heterocycles. The van der Waals surface area contributed by atoms with Gasteiger partial charge in [0.2, 0.25) is 0 Å². The predicted octanol–water partition coefficient (Wildman–Crippen LogP) is 2.86. The van der Waals surface area contributed by atoms with Gasteiger partial charge < -0.3 is 15.8 Å². The van der Waals surface area contributed by atoms with Crippen LogP contribution >= 0.6 is 0 Å². The van der Waals surface area contributed by atoms with Gasteiger partial charge in [0.1, 0.15) is 5.75 Å². The smallest absolute Gasteiger partial charge is 0.257 e. The summed E-state index contributed by atoms with van der Waals surface area (Å²) in [4.78, 5) is 11.8. The fourth-order valence-corrected chi connectivity index (χ4v) is 2.21. The number of benzene rings is 1. The lowest BCUT2D eigenvalue weighted by molar-refractivity contribution is -0.123. The average Bonchev–Trinajstić information content (AvgIpc) is 2.53. The Kier molecular flexibility index (Phi) is 8.51. The molecule has 0 heterocycles. The summed E-state index contributed by atoms with van der Waals surface area (Å²) in [7, 11) is 0. The van der Waals surface area contributed by atoms with Crippen LogP contribution in [0.25, 0.3) is 0 Å². The molecule has 0 spiro atoms. The minimum absolute atomic E-state index is 0.0429. The number of hydrogen-bond donors (Lipinski definition) is 2. The van der Waals surface area contributed by atoms with E-state index in [1.165, 1.54) is 19.3 Å². The van der Waals surface area contributed by atoms with Gasteiger partial charge in [-0.1, -0.05) is 51.3 Å². The van der Waals surface area contributed by atoms with Crippen molar-refractivity contribution in [1.29, 1.82) is 0 Å². The van der Waals surface area contributed by atoms with Crippen LogP contribution < -0.4 is 15.8 Å². The molecule has 0 aromatic heterocycles. The fraction of sp³-hybridized carbons (Fsp3) is 0.588. The highest BCUT2D eigenvalue weighted by Gasteiger charge is 2.09. The van der Waals surface area contributed by atoms with E-state index in [4.69, 9.17) is 10.5 Å². The van der Waals surface area contributed by atoms with Crippen LogP contribution in [0.15, 0.2) is 24.3 Å². The molecule has 1 aromatic carbocycles. The molecular weight excluding hydrogens is 264 g/mol. The quantitative estimate of drug-likeness (QED) is 0.697. The van der Waals surface area contributed by atoms with E-state index in [-0.39, 0.29) is 12.5 Å². The maximum atomic E-state index is 11.8. The summed E-state index contributed by atoms with van der Waals surface area (Å²) in [5, 5.41) is 2.96. The van der Waals surface area contributed by atoms with Gasteiger partial charge in [0.05, 0.1) is 0 Å². The van der Waals surface area contributed by atoms with E-state index >= 15 is 0 Å². The number of nitrogens with two attached hydrogens (primary N) is 1. The molecule has 1 amide bonds. The van der Waals surface area contributed by atoms with Crippen molar-refractivity contribution in [2.75, 3.05) is 13.2 Å². The number of para-hydroxylation sites is 1. The monoisotopic (exact) mass is 292 g/mol. The van der Waals surface area contributed by atoms with Crippen molar-refractivity contribution < 1.29 is 9.53 Å². The first-order chi connectivity index (χ1) is 10.2. The second-order valence-electron chi connectivity index (χ2n) is 5.32. The van der Waals surface area contributed by atoms with E-state index in [1.807, 2.05) is 24.3 Å². The van der Waals surface area contributed by atoms with Crippen molar-refractivity contribution in [2.45, 2.75) is 46.1 Å². The number of hydrogen-bond acceptors (Lipinski definition) is 3. The minimum atomic E-state index is -0.0724. The summed E-state index contributed by atoms with van der Waals surface area (Å²) in [5.74, 6) is 1.18. The summed E-state index contributed by atoms with van der Waals surface area (Å²) in [5.41, 5.74) is 6.56. The lowest BCUT2D eigenvalue weighted by Crippen LogP contribution is -2.33. The molecule has 0 radical (unpaired) electrons. The summed E-state index contributed by atoms with van der Waals surface area (Å²) in [6, 6.07) is 7.54. The second-order valence-corrected chi connectivity index (χ2v) is 5.32. The predicted molar refractivity (Wildman–Crippen MR) is 86.1 cm³/mol. The van der Waals surface area contributed by atoms with E-state index < -0.39 is 0 Å². The Bertz CT molecular complexity index is 421. The summed E-state index contributed by atoms with van der Waals surface area (Å²) in [6.07, 6.45) is 4.68. The van der Waals surface area contributed by atoms with Crippen LogP contribution in [0.3, 0.4) is 0 Å². The van der Waals surface area contributed by atoms with Crippen molar-refractivity contribution in [2.24, 2.45) is 11.7 Å². The molecule has 1 rings (SSSR count). The number of carbonyl (C=O) groups is 1. The zero-order valence-corrected chi connectivity index (χ0v) is 13.2. The Labute approximate surface area is 128 Å².